The van der Waals surface area contributed by atoms with Gasteiger partial charge in [0.1, 0.15) is 36.1 Å². The van der Waals surface area contributed by atoms with Crippen molar-refractivity contribution in [2.45, 2.75) is 109 Å². The Morgan fingerprint density at radius 1 is 0.794 bits per heavy atom. The molecule has 63 heavy (non-hydrogen) atoms. The number of carbonyl (C=O) groups is 4. The van der Waals surface area contributed by atoms with E-state index in [0.717, 1.165) is 87.0 Å². The van der Waals surface area contributed by atoms with Crippen LogP contribution in [0.2, 0.25) is 0 Å². The first-order chi connectivity index (χ1) is 30.4. The molecular weight excluding hydrogens is 805 g/mol. The molecule has 6 heterocycles. The van der Waals surface area contributed by atoms with Crippen LogP contribution in [-0.4, -0.2) is 105 Å². The third kappa shape index (κ3) is 7.82. The summed E-state index contributed by atoms with van der Waals surface area (Å²) < 4.78 is 21.8. The zero-order chi connectivity index (χ0) is 44.1. The summed E-state index contributed by atoms with van der Waals surface area (Å²) in [6, 6.07) is 12.6. The minimum absolute atomic E-state index is 0.0177. The Kier molecular flexibility index (Phi) is 11.5. The van der Waals surface area contributed by atoms with Gasteiger partial charge in [0.25, 0.3) is 0 Å². The highest BCUT2D eigenvalue weighted by molar-refractivity contribution is 6.07. The summed E-state index contributed by atoms with van der Waals surface area (Å²) in [6.07, 6.45) is 5.04. The SMILES string of the molecule is COC(=O)NC(C(=O)N1C(c2ncc(-c3ccc4c(c3)COc3cc5c(ccc6nc(C7CC[C@H](C)N7C(=O)C(NC(=O)OC)C7CCOCC7)[nH]c65)cc3-4)[nH]2)CC[C@@H]1C)C(C)C. The number of likely N-dealkylation sites (tertiary alicyclic amines) is 2. The van der Waals surface area contributed by atoms with Crippen molar-refractivity contribution in [1.29, 1.82) is 0 Å². The molecule has 6 atom stereocenters. The summed E-state index contributed by atoms with van der Waals surface area (Å²) in [5.74, 6) is 1.73. The average Bonchev–Trinajstić information content (AvgIpc) is 4.12. The van der Waals surface area contributed by atoms with Crippen LogP contribution in [0.15, 0.2) is 48.7 Å². The number of aromatic amines is 2. The molecule has 4 N–H and O–H groups in total. The van der Waals surface area contributed by atoms with E-state index >= 15 is 0 Å². The molecule has 3 aromatic carbocycles. The van der Waals surface area contributed by atoms with Crippen LogP contribution in [0.4, 0.5) is 9.59 Å². The number of methoxy groups -OCH3 is 2. The van der Waals surface area contributed by atoms with Gasteiger partial charge in [0.05, 0.1) is 49.2 Å². The fraction of sp³-hybridized carbons (Fsp3) is 0.489. The van der Waals surface area contributed by atoms with Gasteiger partial charge in [-0.1, -0.05) is 32.0 Å². The van der Waals surface area contributed by atoms with E-state index in [2.05, 4.69) is 63.9 Å². The van der Waals surface area contributed by atoms with Gasteiger partial charge in [-0.3, -0.25) is 9.59 Å². The van der Waals surface area contributed by atoms with E-state index in [1.165, 1.54) is 14.2 Å². The van der Waals surface area contributed by atoms with Crippen molar-refractivity contribution < 1.29 is 38.1 Å². The van der Waals surface area contributed by atoms with Crippen molar-refractivity contribution in [2.24, 2.45) is 11.8 Å². The third-order valence-corrected chi connectivity index (χ3v) is 13.6. The molecule has 2 aromatic heterocycles. The van der Waals surface area contributed by atoms with Gasteiger partial charge >= 0.3 is 12.2 Å². The van der Waals surface area contributed by atoms with Crippen LogP contribution in [0, 0.1) is 11.8 Å². The molecule has 16 nitrogen and oxygen atoms in total. The number of fused-ring (bicyclic) bond motifs is 6. The Balaban J connectivity index is 0.964. The van der Waals surface area contributed by atoms with E-state index < -0.39 is 24.3 Å². The highest BCUT2D eigenvalue weighted by atomic mass is 16.5. The smallest absolute Gasteiger partial charge is 0.407 e. The lowest BCUT2D eigenvalue weighted by Gasteiger charge is -2.36. The highest BCUT2D eigenvalue weighted by Gasteiger charge is 2.44. The number of nitrogens with zero attached hydrogens (tertiary/aromatic N) is 4. The molecule has 332 valence electrons. The maximum atomic E-state index is 14.4. The van der Waals surface area contributed by atoms with Crippen LogP contribution in [0.25, 0.3) is 44.2 Å². The van der Waals surface area contributed by atoms with Gasteiger partial charge in [0.15, 0.2) is 0 Å². The second-order valence-corrected chi connectivity index (χ2v) is 17.8. The lowest BCUT2D eigenvalue weighted by Crippen LogP contribution is -2.54. The van der Waals surface area contributed by atoms with Crippen molar-refractivity contribution in [2.75, 3.05) is 27.4 Å². The number of ether oxygens (including phenoxy) is 4. The predicted molar refractivity (Wildman–Crippen MR) is 235 cm³/mol. The molecule has 4 unspecified atom stereocenters. The first-order valence-corrected chi connectivity index (χ1v) is 22.1. The minimum atomic E-state index is -0.722. The summed E-state index contributed by atoms with van der Waals surface area (Å²) in [5.41, 5.74) is 6.59. The van der Waals surface area contributed by atoms with Crippen LogP contribution in [0.1, 0.15) is 95.5 Å². The molecule has 0 spiro atoms. The molecule has 9 rings (SSSR count). The summed E-state index contributed by atoms with van der Waals surface area (Å²) in [5, 5.41) is 7.58. The van der Waals surface area contributed by atoms with Gasteiger partial charge in [-0.25, -0.2) is 19.6 Å². The molecule has 4 aliphatic heterocycles. The van der Waals surface area contributed by atoms with E-state index in [0.29, 0.717) is 38.5 Å². The topological polar surface area (TPSA) is 193 Å². The largest absolute Gasteiger partial charge is 0.488 e. The molecule has 0 saturated carbocycles. The van der Waals surface area contributed by atoms with Gasteiger partial charge in [-0.2, -0.15) is 0 Å². The molecule has 5 aromatic rings. The Bertz CT molecular complexity index is 2560. The monoisotopic (exact) mass is 860 g/mol. The number of imidazole rings is 2. The fourth-order valence-corrected chi connectivity index (χ4v) is 10.2. The van der Waals surface area contributed by atoms with Crippen molar-refractivity contribution >= 4 is 45.8 Å². The number of hydrogen-bond acceptors (Lipinski definition) is 10. The highest BCUT2D eigenvalue weighted by Crippen LogP contribution is 2.44. The van der Waals surface area contributed by atoms with Crippen LogP contribution in [0.3, 0.4) is 0 Å². The first-order valence-electron chi connectivity index (χ1n) is 22.1. The average molecular weight is 861 g/mol. The number of nitrogens with one attached hydrogen (secondary N) is 4. The van der Waals surface area contributed by atoms with E-state index in [4.69, 9.17) is 28.9 Å². The van der Waals surface area contributed by atoms with Crippen LogP contribution in [-0.2, 0) is 30.4 Å². The Labute approximate surface area is 365 Å². The van der Waals surface area contributed by atoms with Crippen molar-refractivity contribution in [3.8, 4) is 28.1 Å². The Morgan fingerprint density at radius 3 is 2.21 bits per heavy atom. The molecule has 3 saturated heterocycles. The Hall–Kier alpha value is -6.16. The molecule has 0 bridgehead atoms. The van der Waals surface area contributed by atoms with Gasteiger partial charge < -0.3 is 49.3 Å². The molecule has 4 amide bonds. The number of hydrogen-bond donors (Lipinski definition) is 4. The molecule has 16 heteroatoms. The van der Waals surface area contributed by atoms with Crippen molar-refractivity contribution in [1.82, 2.24) is 40.4 Å². The molecule has 3 fully saturated rings. The van der Waals surface area contributed by atoms with Crippen LogP contribution < -0.4 is 15.4 Å². The number of benzene rings is 3. The normalized spacial score (nSPS) is 22.1. The van der Waals surface area contributed by atoms with E-state index in [1.807, 2.05) is 42.8 Å². The molecule has 4 aliphatic rings. The number of alkyl carbamates (subject to hydrolysis) is 2. The number of H-pyrrole nitrogens is 2. The fourth-order valence-electron chi connectivity index (χ4n) is 10.2. The third-order valence-electron chi connectivity index (χ3n) is 13.6. The van der Waals surface area contributed by atoms with Gasteiger partial charge in [-0.15, -0.1) is 0 Å². The van der Waals surface area contributed by atoms with Crippen molar-refractivity contribution in [3.05, 3.63) is 65.9 Å². The van der Waals surface area contributed by atoms with E-state index in [1.54, 1.807) is 0 Å². The van der Waals surface area contributed by atoms with Crippen LogP contribution in [0.5, 0.6) is 5.75 Å². The van der Waals surface area contributed by atoms with E-state index in [-0.39, 0.29) is 47.8 Å². The minimum Gasteiger partial charge on any atom is -0.488 e. The summed E-state index contributed by atoms with van der Waals surface area (Å²) in [7, 11) is 2.60. The maximum absolute atomic E-state index is 14.4. The lowest BCUT2D eigenvalue weighted by atomic mass is 9.90. The lowest BCUT2D eigenvalue weighted by molar-refractivity contribution is -0.139. The van der Waals surface area contributed by atoms with Crippen molar-refractivity contribution in [3.63, 3.8) is 0 Å². The number of rotatable bonds is 9. The van der Waals surface area contributed by atoms with Gasteiger partial charge in [-0.05, 0) is 111 Å². The standard InChI is InChI=1S/C47H56N8O8/c1-24(2)39(52-46(58)60-5)44(56)54-25(3)7-13-36(54)42-48-22-35(50-42)29-9-11-31-30(19-29)23-63-38-21-32-28(20-33(31)38)10-12-34-41(32)51-43(49-34)37-14-8-26(4)55(37)45(57)40(53-47(59)61-6)27-15-17-62-18-16-27/h9-12,19-22,24-27,36-37,39-40H,7-8,13-18,23H2,1-6H3,(H,48,50)(H,49,51)(H,52,58)(H,53,59)/t25-,26-,36?,37?,39?,40?/m0/s1. The number of carbonyl (C=O) groups excluding carboxylic acids is 4. The van der Waals surface area contributed by atoms with Crippen LogP contribution >= 0.6 is 0 Å². The molecular formula is C47H56N8O8. The Morgan fingerprint density at radius 2 is 1.49 bits per heavy atom. The van der Waals surface area contributed by atoms with E-state index in [9.17, 15) is 19.2 Å². The molecule has 0 aliphatic carbocycles. The quantitative estimate of drug-likeness (QED) is 0.117. The maximum Gasteiger partial charge on any atom is 0.407 e. The van der Waals surface area contributed by atoms with Gasteiger partial charge in [0.2, 0.25) is 11.8 Å². The second kappa shape index (κ2) is 17.2. The first kappa shape index (κ1) is 42.2. The summed E-state index contributed by atoms with van der Waals surface area (Å²) in [4.78, 5) is 73.5. The molecule has 0 radical (unpaired) electrons. The number of aromatic nitrogens is 4. The summed E-state index contributed by atoms with van der Waals surface area (Å²) in [6.45, 7) is 9.37. The summed E-state index contributed by atoms with van der Waals surface area (Å²) >= 11 is 0. The van der Waals surface area contributed by atoms with Gasteiger partial charge in [0, 0.05) is 36.2 Å². The number of amides is 4. The zero-order valence-electron chi connectivity index (χ0n) is 36.7. The zero-order valence-corrected chi connectivity index (χ0v) is 36.7. The predicted octanol–water partition coefficient (Wildman–Crippen LogP) is 7.30. The second-order valence-electron chi connectivity index (χ2n) is 17.8.